The van der Waals surface area contributed by atoms with Gasteiger partial charge in [0.1, 0.15) is 17.9 Å². The SMILES string of the molecule is Cc1cc(Br)ccc1N1C(=O)NC(=O)/C(=C/c2cc(Cl)ccc2OCc2ccc(Cl)c(Cl)c2)C1=O. The van der Waals surface area contributed by atoms with Crippen molar-refractivity contribution >= 4 is 80.3 Å². The van der Waals surface area contributed by atoms with E-state index in [0.29, 0.717) is 37.6 Å². The fourth-order valence-corrected chi connectivity index (χ4v) is 4.43. The zero-order valence-electron chi connectivity index (χ0n) is 18.1. The van der Waals surface area contributed by atoms with Crippen LogP contribution in [-0.4, -0.2) is 17.8 Å². The van der Waals surface area contributed by atoms with E-state index in [1.165, 1.54) is 6.08 Å². The lowest BCUT2D eigenvalue weighted by atomic mass is 10.0. The van der Waals surface area contributed by atoms with Crippen molar-refractivity contribution in [3.8, 4) is 5.75 Å². The number of anilines is 1. The molecule has 0 spiro atoms. The van der Waals surface area contributed by atoms with Gasteiger partial charge in [0.2, 0.25) is 0 Å². The smallest absolute Gasteiger partial charge is 0.335 e. The molecule has 35 heavy (non-hydrogen) atoms. The minimum Gasteiger partial charge on any atom is -0.488 e. The molecule has 0 bridgehead atoms. The first kappa shape index (κ1) is 25.3. The van der Waals surface area contributed by atoms with Crippen LogP contribution >= 0.6 is 50.7 Å². The summed E-state index contributed by atoms with van der Waals surface area (Å²) in [5.74, 6) is -1.21. The predicted octanol–water partition coefficient (Wildman–Crippen LogP) is 6.96. The Bertz CT molecular complexity index is 1410. The molecule has 0 atom stereocenters. The van der Waals surface area contributed by atoms with Crippen molar-refractivity contribution in [2.75, 3.05) is 4.90 Å². The maximum atomic E-state index is 13.3. The van der Waals surface area contributed by atoms with Crippen molar-refractivity contribution in [3.05, 3.63) is 96.4 Å². The van der Waals surface area contributed by atoms with E-state index in [4.69, 9.17) is 39.5 Å². The number of hydrogen-bond donors (Lipinski definition) is 1. The number of halogens is 4. The van der Waals surface area contributed by atoms with Crippen molar-refractivity contribution in [3.63, 3.8) is 0 Å². The normalized spacial score (nSPS) is 14.9. The highest BCUT2D eigenvalue weighted by atomic mass is 79.9. The lowest BCUT2D eigenvalue weighted by Gasteiger charge is -2.27. The molecule has 0 unspecified atom stereocenters. The van der Waals surface area contributed by atoms with E-state index in [2.05, 4.69) is 21.2 Å². The summed E-state index contributed by atoms with van der Waals surface area (Å²) in [6.07, 6.45) is 1.35. The van der Waals surface area contributed by atoms with Crippen LogP contribution in [0.4, 0.5) is 10.5 Å². The second-order valence-corrected chi connectivity index (χ2v) is 9.77. The average Bonchev–Trinajstić information content (AvgIpc) is 2.79. The molecule has 1 heterocycles. The molecular weight excluding hydrogens is 579 g/mol. The van der Waals surface area contributed by atoms with Gasteiger partial charge >= 0.3 is 6.03 Å². The van der Waals surface area contributed by atoms with Gasteiger partial charge in [-0.3, -0.25) is 14.9 Å². The van der Waals surface area contributed by atoms with Crippen LogP contribution in [0.25, 0.3) is 6.08 Å². The highest BCUT2D eigenvalue weighted by molar-refractivity contribution is 9.10. The molecule has 4 rings (SSSR count). The number of hydrogen-bond acceptors (Lipinski definition) is 4. The van der Waals surface area contributed by atoms with E-state index in [9.17, 15) is 14.4 Å². The largest absolute Gasteiger partial charge is 0.488 e. The fraction of sp³-hybridized carbons (Fsp3) is 0.0800. The minimum atomic E-state index is -0.829. The van der Waals surface area contributed by atoms with Crippen molar-refractivity contribution in [2.45, 2.75) is 13.5 Å². The third-order valence-corrected chi connectivity index (χ3v) is 6.62. The Hall–Kier alpha value is -2.84. The molecule has 1 N–H and O–H groups in total. The Morgan fingerprint density at radius 3 is 2.46 bits per heavy atom. The number of carbonyl (C=O) groups excluding carboxylic acids is 3. The summed E-state index contributed by atoms with van der Waals surface area (Å²) in [6.45, 7) is 1.91. The van der Waals surface area contributed by atoms with Gasteiger partial charge in [0, 0.05) is 15.1 Å². The first-order valence-corrected chi connectivity index (χ1v) is 12.1. The number of nitrogens with zero attached hydrogens (tertiary/aromatic N) is 1. The quantitative estimate of drug-likeness (QED) is 0.256. The molecular formula is C25H16BrCl3N2O4. The third-order valence-electron chi connectivity index (χ3n) is 5.15. The van der Waals surface area contributed by atoms with Gasteiger partial charge in [0.05, 0.1) is 15.7 Å². The minimum absolute atomic E-state index is 0.150. The van der Waals surface area contributed by atoms with Crippen LogP contribution in [0.2, 0.25) is 15.1 Å². The topological polar surface area (TPSA) is 75.7 Å². The summed E-state index contributed by atoms with van der Waals surface area (Å²) in [7, 11) is 0. The van der Waals surface area contributed by atoms with E-state index < -0.39 is 17.8 Å². The van der Waals surface area contributed by atoms with E-state index in [0.717, 1.165) is 14.9 Å². The monoisotopic (exact) mass is 592 g/mol. The maximum Gasteiger partial charge on any atom is 0.335 e. The fourth-order valence-electron chi connectivity index (χ4n) is 3.46. The van der Waals surface area contributed by atoms with E-state index >= 15 is 0 Å². The molecule has 6 nitrogen and oxygen atoms in total. The summed E-state index contributed by atoms with van der Waals surface area (Å²) in [6, 6.07) is 14.2. The number of benzene rings is 3. The Kier molecular flexibility index (Phi) is 7.52. The predicted molar refractivity (Wildman–Crippen MR) is 140 cm³/mol. The second-order valence-electron chi connectivity index (χ2n) is 7.61. The number of nitrogens with one attached hydrogen (secondary N) is 1. The lowest BCUT2D eigenvalue weighted by Crippen LogP contribution is -2.54. The van der Waals surface area contributed by atoms with Gasteiger partial charge in [-0.2, -0.15) is 0 Å². The van der Waals surface area contributed by atoms with Gasteiger partial charge in [-0.15, -0.1) is 0 Å². The van der Waals surface area contributed by atoms with Gasteiger partial charge in [-0.25, -0.2) is 9.69 Å². The number of amides is 4. The maximum absolute atomic E-state index is 13.3. The van der Waals surface area contributed by atoms with Crippen molar-refractivity contribution in [2.24, 2.45) is 0 Å². The number of barbiturate groups is 1. The van der Waals surface area contributed by atoms with Crippen LogP contribution in [0, 0.1) is 6.92 Å². The molecule has 0 aliphatic carbocycles. The first-order chi connectivity index (χ1) is 16.6. The molecule has 0 aromatic heterocycles. The molecule has 0 radical (unpaired) electrons. The first-order valence-electron chi connectivity index (χ1n) is 10.2. The van der Waals surface area contributed by atoms with Crippen molar-refractivity contribution in [1.82, 2.24) is 5.32 Å². The van der Waals surface area contributed by atoms with Gasteiger partial charge in [0.25, 0.3) is 11.8 Å². The Labute approximate surface area is 224 Å². The molecule has 1 aliphatic heterocycles. The molecule has 1 saturated heterocycles. The number of urea groups is 1. The summed E-state index contributed by atoms with van der Waals surface area (Å²) >= 11 is 21.6. The molecule has 178 valence electrons. The zero-order valence-corrected chi connectivity index (χ0v) is 21.9. The zero-order chi connectivity index (χ0) is 25.3. The van der Waals surface area contributed by atoms with Crippen LogP contribution < -0.4 is 15.0 Å². The Morgan fingerprint density at radius 2 is 1.74 bits per heavy atom. The number of ether oxygens (including phenoxy) is 1. The van der Waals surface area contributed by atoms with Crippen LogP contribution in [0.3, 0.4) is 0 Å². The third kappa shape index (κ3) is 5.54. The highest BCUT2D eigenvalue weighted by Crippen LogP contribution is 2.31. The number of aryl methyl sites for hydroxylation is 1. The van der Waals surface area contributed by atoms with Crippen LogP contribution in [0.5, 0.6) is 5.75 Å². The summed E-state index contributed by atoms with van der Waals surface area (Å²) in [5.41, 5.74) is 1.94. The lowest BCUT2D eigenvalue weighted by molar-refractivity contribution is -0.122. The summed E-state index contributed by atoms with van der Waals surface area (Å²) in [5, 5.41) is 3.41. The van der Waals surface area contributed by atoms with Gasteiger partial charge in [-0.1, -0.05) is 56.8 Å². The molecule has 0 saturated carbocycles. The molecule has 4 amide bonds. The molecule has 1 fully saturated rings. The number of rotatable bonds is 5. The Balaban J connectivity index is 1.68. The number of imide groups is 2. The summed E-state index contributed by atoms with van der Waals surface area (Å²) in [4.78, 5) is 39.4. The molecule has 10 heteroatoms. The van der Waals surface area contributed by atoms with Crippen LogP contribution in [0.15, 0.2) is 64.6 Å². The van der Waals surface area contributed by atoms with Gasteiger partial charge in [-0.05, 0) is 72.7 Å². The summed E-state index contributed by atoms with van der Waals surface area (Å²) < 4.78 is 6.71. The van der Waals surface area contributed by atoms with E-state index in [1.54, 1.807) is 61.5 Å². The van der Waals surface area contributed by atoms with E-state index in [-0.39, 0.29) is 12.2 Å². The van der Waals surface area contributed by atoms with E-state index in [1.807, 2.05) is 0 Å². The van der Waals surface area contributed by atoms with Gasteiger partial charge in [0.15, 0.2) is 0 Å². The van der Waals surface area contributed by atoms with Crippen LogP contribution in [0.1, 0.15) is 16.7 Å². The second kappa shape index (κ2) is 10.4. The van der Waals surface area contributed by atoms with Crippen molar-refractivity contribution < 1.29 is 19.1 Å². The average molecular weight is 595 g/mol. The Morgan fingerprint density at radius 1 is 0.971 bits per heavy atom. The van der Waals surface area contributed by atoms with Crippen molar-refractivity contribution in [1.29, 1.82) is 0 Å². The molecule has 3 aromatic carbocycles. The highest BCUT2D eigenvalue weighted by Gasteiger charge is 2.37. The van der Waals surface area contributed by atoms with Crippen LogP contribution in [-0.2, 0) is 16.2 Å². The standard InChI is InChI=1S/C25H16BrCl3N2O4/c1-13-8-16(26)3-6-21(13)31-24(33)18(23(32)30-25(31)34)11-15-10-17(27)4-7-22(15)35-12-14-2-5-19(28)20(29)9-14/h2-11H,12H2,1H3,(H,30,32,34)/b18-11-. The molecule has 1 aliphatic rings. The number of carbonyl (C=O) groups is 3. The van der Waals surface area contributed by atoms with Gasteiger partial charge < -0.3 is 4.74 Å². The molecule has 3 aromatic rings.